The molecule has 0 saturated carbocycles. The minimum atomic E-state index is -0.198. The fourth-order valence-electron chi connectivity index (χ4n) is 1.46. The normalized spacial score (nSPS) is 9.17. The fraction of sp³-hybridized carbons (Fsp3) is 0.154. The van der Waals surface area contributed by atoms with Crippen LogP contribution in [0.2, 0.25) is 0 Å². The summed E-state index contributed by atoms with van der Waals surface area (Å²) in [5, 5.41) is 3.27. The highest BCUT2D eigenvalue weighted by atomic mass is 79.9. The number of nitrogens with one attached hydrogen (secondary N) is 1. The van der Waals surface area contributed by atoms with E-state index in [1.807, 2.05) is 18.3 Å². The molecule has 0 aliphatic carbocycles. The van der Waals surface area contributed by atoms with E-state index in [1.54, 1.807) is 18.3 Å². The van der Waals surface area contributed by atoms with Crippen molar-refractivity contribution in [3.8, 4) is 0 Å². The predicted molar refractivity (Wildman–Crippen MR) is 81.8 cm³/mol. The van der Waals surface area contributed by atoms with Gasteiger partial charge < -0.3 is 5.32 Å². The molecule has 1 aromatic heterocycles. The molecule has 0 aliphatic rings. The first-order valence-electron chi connectivity index (χ1n) is 5.18. The van der Waals surface area contributed by atoms with Gasteiger partial charge in [0.05, 0.1) is 0 Å². The van der Waals surface area contributed by atoms with E-state index >= 15 is 0 Å². The number of rotatable bonds is 4. The van der Waals surface area contributed by atoms with Gasteiger partial charge in [0.2, 0.25) is 0 Å². The maximum Gasteiger partial charge on any atom is 0.123 e. The summed E-state index contributed by atoms with van der Waals surface area (Å²) in [6, 6.07) is 10.4. The third kappa shape index (κ3) is 5.71. The second-order valence-corrected chi connectivity index (χ2v) is 3.59. The first kappa shape index (κ1) is 17.2. The number of benzene rings is 1. The van der Waals surface area contributed by atoms with Crippen molar-refractivity contribution < 1.29 is 4.39 Å². The molecule has 1 heterocycles. The van der Waals surface area contributed by atoms with Gasteiger partial charge in [-0.25, -0.2) is 4.39 Å². The van der Waals surface area contributed by atoms with Crippen molar-refractivity contribution in [2.75, 3.05) is 0 Å². The van der Waals surface area contributed by atoms with Crippen molar-refractivity contribution in [1.82, 2.24) is 10.3 Å². The summed E-state index contributed by atoms with van der Waals surface area (Å²) < 4.78 is 12.6. The Hall–Kier alpha value is -0.780. The smallest absolute Gasteiger partial charge is 0.123 e. The lowest BCUT2D eigenvalue weighted by Gasteiger charge is -2.04. The fourth-order valence-corrected chi connectivity index (χ4v) is 1.46. The molecular formula is C13H15Br2FN2. The van der Waals surface area contributed by atoms with E-state index in [4.69, 9.17) is 0 Å². The van der Waals surface area contributed by atoms with E-state index < -0.39 is 0 Å². The number of aromatic nitrogens is 1. The Labute approximate surface area is 127 Å². The third-order valence-corrected chi connectivity index (χ3v) is 2.29. The van der Waals surface area contributed by atoms with Crippen LogP contribution in [0.15, 0.2) is 48.8 Å². The van der Waals surface area contributed by atoms with Crippen molar-refractivity contribution in [2.45, 2.75) is 13.1 Å². The average molecular weight is 378 g/mol. The van der Waals surface area contributed by atoms with E-state index in [0.717, 1.165) is 24.2 Å². The predicted octanol–water partition coefficient (Wildman–Crippen LogP) is 3.67. The lowest BCUT2D eigenvalue weighted by molar-refractivity contribution is 0.625. The van der Waals surface area contributed by atoms with Gasteiger partial charge in [-0.3, -0.25) is 4.98 Å². The van der Waals surface area contributed by atoms with Crippen LogP contribution in [0.1, 0.15) is 11.1 Å². The summed E-state index contributed by atoms with van der Waals surface area (Å²) in [4.78, 5) is 4.03. The topological polar surface area (TPSA) is 24.9 Å². The van der Waals surface area contributed by atoms with Gasteiger partial charge in [-0.2, -0.15) is 0 Å². The van der Waals surface area contributed by atoms with Crippen LogP contribution in [0.5, 0.6) is 0 Å². The lowest BCUT2D eigenvalue weighted by atomic mass is 10.2. The quantitative estimate of drug-likeness (QED) is 0.879. The Balaban J connectivity index is 0.00000144. The molecule has 1 N–H and O–H groups in total. The van der Waals surface area contributed by atoms with Crippen LogP contribution >= 0.6 is 34.0 Å². The molecule has 0 radical (unpaired) electrons. The molecule has 0 spiro atoms. The molecule has 98 valence electrons. The minimum absolute atomic E-state index is 0. The van der Waals surface area contributed by atoms with Crippen LogP contribution in [0, 0.1) is 5.82 Å². The summed E-state index contributed by atoms with van der Waals surface area (Å²) in [6.07, 6.45) is 3.58. The van der Waals surface area contributed by atoms with Crippen molar-refractivity contribution in [3.63, 3.8) is 0 Å². The van der Waals surface area contributed by atoms with E-state index in [1.165, 1.54) is 12.1 Å². The van der Waals surface area contributed by atoms with Crippen LogP contribution in [0.4, 0.5) is 4.39 Å². The van der Waals surface area contributed by atoms with E-state index in [2.05, 4.69) is 10.3 Å². The molecule has 0 unspecified atom stereocenters. The molecule has 5 heteroatoms. The summed E-state index contributed by atoms with van der Waals surface area (Å²) in [5.74, 6) is -0.198. The summed E-state index contributed by atoms with van der Waals surface area (Å²) in [5.41, 5.74) is 2.22. The second kappa shape index (κ2) is 9.19. The van der Waals surface area contributed by atoms with Crippen molar-refractivity contribution >= 4 is 34.0 Å². The Morgan fingerprint density at radius 2 is 1.61 bits per heavy atom. The number of hydrogen-bond acceptors (Lipinski definition) is 2. The Kier molecular flexibility index (Phi) is 8.79. The minimum Gasteiger partial charge on any atom is -0.309 e. The van der Waals surface area contributed by atoms with Crippen molar-refractivity contribution in [3.05, 3.63) is 65.7 Å². The van der Waals surface area contributed by atoms with E-state index in [9.17, 15) is 4.39 Å². The molecule has 0 saturated heterocycles. The highest BCUT2D eigenvalue weighted by Gasteiger charge is 1.94. The van der Waals surface area contributed by atoms with Gasteiger partial charge >= 0.3 is 0 Å². The Morgan fingerprint density at radius 3 is 2.22 bits per heavy atom. The zero-order valence-electron chi connectivity index (χ0n) is 9.67. The van der Waals surface area contributed by atoms with Crippen LogP contribution in [-0.2, 0) is 13.1 Å². The summed E-state index contributed by atoms with van der Waals surface area (Å²) in [7, 11) is 0. The van der Waals surface area contributed by atoms with Crippen LogP contribution in [0.3, 0.4) is 0 Å². The zero-order chi connectivity index (χ0) is 11.2. The molecule has 2 nitrogen and oxygen atoms in total. The highest BCUT2D eigenvalue weighted by Crippen LogP contribution is 2.02. The van der Waals surface area contributed by atoms with Crippen LogP contribution in [-0.4, -0.2) is 4.98 Å². The zero-order valence-corrected chi connectivity index (χ0v) is 13.1. The first-order valence-corrected chi connectivity index (χ1v) is 5.18. The second-order valence-electron chi connectivity index (χ2n) is 3.59. The number of hydrogen-bond donors (Lipinski definition) is 1. The van der Waals surface area contributed by atoms with Gasteiger partial charge in [-0.15, -0.1) is 34.0 Å². The summed E-state index contributed by atoms with van der Waals surface area (Å²) >= 11 is 0. The number of pyridine rings is 1. The largest absolute Gasteiger partial charge is 0.309 e. The van der Waals surface area contributed by atoms with Gasteiger partial charge in [0, 0.05) is 25.5 Å². The molecule has 0 bridgehead atoms. The molecule has 18 heavy (non-hydrogen) atoms. The van der Waals surface area contributed by atoms with Gasteiger partial charge in [0.25, 0.3) is 0 Å². The summed E-state index contributed by atoms with van der Waals surface area (Å²) in [6.45, 7) is 1.50. The lowest BCUT2D eigenvalue weighted by Crippen LogP contribution is -2.12. The average Bonchev–Trinajstić information content (AvgIpc) is 2.33. The van der Waals surface area contributed by atoms with Crippen LogP contribution in [0.25, 0.3) is 0 Å². The van der Waals surface area contributed by atoms with E-state index in [0.29, 0.717) is 0 Å². The third-order valence-electron chi connectivity index (χ3n) is 2.29. The SMILES string of the molecule is Br.Br.Fc1ccc(CNCc2cccnc2)cc1. The molecule has 0 atom stereocenters. The Morgan fingerprint density at radius 1 is 0.944 bits per heavy atom. The molecule has 0 aliphatic heterocycles. The number of nitrogens with zero attached hydrogens (tertiary/aromatic N) is 1. The maximum atomic E-state index is 12.6. The molecule has 1 aromatic carbocycles. The molecule has 2 aromatic rings. The van der Waals surface area contributed by atoms with Crippen molar-refractivity contribution in [2.24, 2.45) is 0 Å². The molecule has 0 fully saturated rings. The number of halogens is 3. The van der Waals surface area contributed by atoms with Crippen LogP contribution < -0.4 is 5.32 Å². The van der Waals surface area contributed by atoms with Gasteiger partial charge in [-0.1, -0.05) is 18.2 Å². The van der Waals surface area contributed by atoms with Crippen molar-refractivity contribution in [1.29, 1.82) is 0 Å². The standard InChI is InChI=1S/C13H13FN2.2BrH/c14-13-5-3-11(4-6-13)8-16-10-12-2-1-7-15-9-12;;/h1-7,9,16H,8,10H2;2*1H. The first-order chi connectivity index (χ1) is 7.84. The maximum absolute atomic E-state index is 12.6. The van der Waals surface area contributed by atoms with Gasteiger partial charge in [0.1, 0.15) is 5.82 Å². The molecule has 0 amide bonds. The Bertz CT molecular complexity index is 435. The monoisotopic (exact) mass is 376 g/mol. The highest BCUT2D eigenvalue weighted by molar-refractivity contribution is 8.93. The van der Waals surface area contributed by atoms with E-state index in [-0.39, 0.29) is 39.8 Å². The van der Waals surface area contributed by atoms with Gasteiger partial charge in [-0.05, 0) is 29.3 Å². The molecule has 2 rings (SSSR count). The van der Waals surface area contributed by atoms with Gasteiger partial charge in [0.15, 0.2) is 0 Å². The molecular weight excluding hydrogens is 363 g/mol.